The maximum absolute atomic E-state index is 13.5. The van der Waals surface area contributed by atoms with Crippen LogP contribution in [-0.4, -0.2) is 73.5 Å². The summed E-state index contributed by atoms with van der Waals surface area (Å²) in [5.74, 6) is 0. The molecular formula is C28H32ClN5O3. The molecule has 1 unspecified atom stereocenters. The minimum atomic E-state index is -0.205. The summed E-state index contributed by atoms with van der Waals surface area (Å²) in [5.41, 5.74) is 5.52. The number of aromatic amines is 1. The number of hydrogen-bond donors (Lipinski definition) is 1. The Bertz CT molecular complexity index is 1440. The molecule has 1 aromatic carbocycles. The number of benzene rings is 1. The van der Waals surface area contributed by atoms with Crippen LogP contribution in [0.25, 0.3) is 22.2 Å². The number of pyridine rings is 2. The lowest BCUT2D eigenvalue weighted by atomic mass is 10.0. The van der Waals surface area contributed by atoms with Gasteiger partial charge in [0.1, 0.15) is 5.65 Å². The summed E-state index contributed by atoms with van der Waals surface area (Å²) in [6.07, 6.45) is 5.69. The van der Waals surface area contributed by atoms with Crippen molar-refractivity contribution in [3.63, 3.8) is 0 Å². The standard InChI is InChI=1S/C28H32ClN5O3/c1-32(2)17-26(21-10-19(18-36-3)11-22(29)12-21)34-5-4-20(13-27(34)35)25-16-31-28-24(25)14-23(15-30-28)33-6-8-37-9-7-33/h4-5,10-16,26H,6-9,17-18H2,1-3H3,(H,30,31). The molecule has 1 saturated heterocycles. The van der Waals surface area contributed by atoms with Gasteiger partial charge in [-0.3, -0.25) is 4.79 Å². The third-order valence-corrected chi connectivity index (χ3v) is 6.92. The number of rotatable bonds is 8. The fraction of sp³-hybridized carbons (Fsp3) is 0.357. The summed E-state index contributed by atoms with van der Waals surface area (Å²) in [4.78, 5) is 25.7. The van der Waals surface area contributed by atoms with Crippen LogP contribution in [0.4, 0.5) is 5.69 Å². The van der Waals surface area contributed by atoms with Crippen LogP contribution in [-0.2, 0) is 16.1 Å². The normalized spacial score (nSPS) is 15.0. The Balaban J connectivity index is 1.52. The van der Waals surface area contributed by atoms with Crippen LogP contribution in [0.3, 0.4) is 0 Å². The van der Waals surface area contributed by atoms with Crippen LogP contribution in [0.15, 0.2) is 59.8 Å². The number of nitrogens with zero attached hydrogens (tertiary/aromatic N) is 4. The molecule has 0 bridgehead atoms. The summed E-state index contributed by atoms with van der Waals surface area (Å²) in [6.45, 7) is 4.20. The molecule has 5 rings (SSSR count). The van der Waals surface area contributed by atoms with Gasteiger partial charge in [-0.1, -0.05) is 17.7 Å². The van der Waals surface area contributed by atoms with Crippen molar-refractivity contribution in [3.8, 4) is 11.1 Å². The Morgan fingerprint density at radius 3 is 2.73 bits per heavy atom. The first-order valence-corrected chi connectivity index (χ1v) is 12.8. The van der Waals surface area contributed by atoms with Gasteiger partial charge < -0.3 is 28.8 Å². The van der Waals surface area contributed by atoms with Crippen molar-refractivity contribution >= 4 is 28.3 Å². The highest BCUT2D eigenvalue weighted by atomic mass is 35.5. The molecule has 1 N–H and O–H groups in total. The molecule has 0 radical (unpaired) electrons. The van der Waals surface area contributed by atoms with Crippen molar-refractivity contribution in [3.05, 3.63) is 81.5 Å². The average Bonchev–Trinajstić information content (AvgIpc) is 3.31. The fourth-order valence-corrected chi connectivity index (χ4v) is 5.22. The first-order valence-electron chi connectivity index (χ1n) is 12.4. The van der Waals surface area contributed by atoms with Crippen molar-refractivity contribution in [2.24, 2.45) is 0 Å². The zero-order valence-corrected chi connectivity index (χ0v) is 22.2. The molecule has 0 saturated carbocycles. The number of anilines is 1. The predicted molar refractivity (Wildman–Crippen MR) is 148 cm³/mol. The summed E-state index contributed by atoms with van der Waals surface area (Å²) >= 11 is 6.43. The van der Waals surface area contributed by atoms with Gasteiger partial charge in [0.2, 0.25) is 0 Å². The van der Waals surface area contributed by atoms with E-state index in [0.29, 0.717) is 31.4 Å². The Hall–Kier alpha value is -3.17. The van der Waals surface area contributed by atoms with Gasteiger partial charge in [0.05, 0.1) is 37.7 Å². The molecule has 1 aliphatic heterocycles. The highest BCUT2D eigenvalue weighted by molar-refractivity contribution is 6.30. The predicted octanol–water partition coefficient (Wildman–Crippen LogP) is 4.18. The number of morpholine rings is 1. The third-order valence-electron chi connectivity index (χ3n) is 6.70. The average molecular weight is 522 g/mol. The Kier molecular flexibility index (Phi) is 7.62. The quantitative estimate of drug-likeness (QED) is 0.375. The number of halogens is 1. The van der Waals surface area contributed by atoms with Crippen molar-refractivity contribution in [2.45, 2.75) is 12.6 Å². The second-order valence-corrected chi connectivity index (χ2v) is 10.1. The van der Waals surface area contributed by atoms with Crippen molar-refractivity contribution < 1.29 is 9.47 Å². The van der Waals surface area contributed by atoms with Gasteiger partial charge in [0.15, 0.2) is 0 Å². The van der Waals surface area contributed by atoms with Gasteiger partial charge in [-0.2, -0.15) is 0 Å². The smallest absolute Gasteiger partial charge is 0.251 e. The number of hydrogen-bond acceptors (Lipinski definition) is 6. The largest absolute Gasteiger partial charge is 0.380 e. The van der Waals surface area contributed by atoms with Gasteiger partial charge in [0, 0.05) is 61.2 Å². The van der Waals surface area contributed by atoms with E-state index in [0.717, 1.165) is 52.1 Å². The van der Waals surface area contributed by atoms with Gasteiger partial charge in [-0.05, 0) is 55.1 Å². The van der Waals surface area contributed by atoms with Crippen LogP contribution in [0.1, 0.15) is 17.2 Å². The van der Waals surface area contributed by atoms with Crippen LogP contribution < -0.4 is 10.5 Å². The number of ether oxygens (including phenoxy) is 2. The highest BCUT2D eigenvalue weighted by Gasteiger charge is 2.19. The zero-order chi connectivity index (χ0) is 25.9. The number of fused-ring (bicyclic) bond motifs is 1. The monoisotopic (exact) mass is 521 g/mol. The zero-order valence-electron chi connectivity index (χ0n) is 21.4. The second kappa shape index (κ2) is 11.1. The Morgan fingerprint density at radius 1 is 1.19 bits per heavy atom. The number of aromatic nitrogens is 3. The van der Waals surface area contributed by atoms with Crippen molar-refractivity contribution in [1.82, 2.24) is 19.4 Å². The molecule has 4 aromatic rings. The minimum Gasteiger partial charge on any atom is -0.380 e. The van der Waals surface area contributed by atoms with E-state index in [2.05, 4.69) is 31.9 Å². The first kappa shape index (κ1) is 25.5. The molecule has 194 valence electrons. The molecule has 3 aromatic heterocycles. The maximum Gasteiger partial charge on any atom is 0.251 e. The maximum atomic E-state index is 13.5. The molecule has 1 fully saturated rings. The van der Waals surface area contributed by atoms with E-state index in [9.17, 15) is 4.79 Å². The second-order valence-electron chi connectivity index (χ2n) is 9.66. The lowest BCUT2D eigenvalue weighted by Gasteiger charge is -2.28. The molecule has 0 amide bonds. The van der Waals surface area contributed by atoms with E-state index < -0.39 is 0 Å². The van der Waals surface area contributed by atoms with Gasteiger partial charge in [0.25, 0.3) is 5.56 Å². The number of likely N-dealkylation sites (N-methyl/N-ethyl adjacent to an activating group) is 1. The lowest BCUT2D eigenvalue weighted by Crippen LogP contribution is -2.36. The first-order chi connectivity index (χ1) is 17.9. The van der Waals surface area contributed by atoms with Crippen LogP contribution in [0.2, 0.25) is 5.02 Å². The molecule has 0 aliphatic carbocycles. The SMILES string of the molecule is COCc1cc(Cl)cc(C(CN(C)C)n2ccc(-c3c[nH]c4ncc(N5CCOCC5)cc34)cc2=O)c1. The van der Waals surface area contributed by atoms with Gasteiger partial charge >= 0.3 is 0 Å². The van der Waals surface area contributed by atoms with Crippen molar-refractivity contribution in [2.75, 3.05) is 59.0 Å². The molecular weight excluding hydrogens is 490 g/mol. The summed E-state index contributed by atoms with van der Waals surface area (Å²) < 4.78 is 12.6. The van der Waals surface area contributed by atoms with Crippen LogP contribution in [0, 0.1) is 0 Å². The summed E-state index contributed by atoms with van der Waals surface area (Å²) in [7, 11) is 5.65. The lowest BCUT2D eigenvalue weighted by molar-refractivity contribution is 0.122. The fourth-order valence-electron chi connectivity index (χ4n) is 4.96. The summed E-state index contributed by atoms with van der Waals surface area (Å²) in [5, 5.41) is 1.62. The molecule has 9 heteroatoms. The molecule has 1 atom stereocenters. The number of nitrogens with one attached hydrogen (secondary N) is 1. The number of methoxy groups -OCH3 is 1. The third kappa shape index (κ3) is 5.57. The van der Waals surface area contributed by atoms with E-state index >= 15 is 0 Å². The van der Waals surface area contributed by atoms with E-state index in [1.807, 2.05) is 50.9 Å². The van der Waals surface area contributed by atoms with Gasteiger partial charge in [-0.15, -0.1) is 0 Å². The van der Waals surface area contributed by atoms with E-state index in [1.165, 1.54) is 0 Å². The van der Waals surface area contributed by atoms with Crippen LogP contribution >= 0.6 is 11.6 Å². The highest BCUT2D eigenvalue weighted by Crippen LogP contribution is 2.31. The van der Waals surface area contributed by atoms with Gasteiger partial charge in [-0.25, -0.2) is 4.98 Å². The molecule has 37 heavy (non-hydrogen) atoms. The van der Waals surface area contributed by atoms with Crippen molar-refractivity contribution in [1.29, 1.82) is 0 Å². The molecule has 0 spiro atoms. The topological polar surface area (TPSA) is 75.6 Å². The van der Waals surface area contributed by atoms with E-state index in [-0.39, 0.29) is 11.6 Å². The Labute approximate surface area is 221 Å². The molecule has 1 aliphatic rings. The van der Waals surface area contributed by atoms with Crippen LogP contribution in [0.5, 0.6) is 0 Å². The molecule has 4 heterocycles. The molecule has 8 nitrogen and oxygen atoms in total. The van der Waals surface area contributed by atoms with E-state index in [1.54, 1.807) is 17.7 Å². The minimum absolute atomic E-state index is 0.0794. The Morgan fingerprint density at radius 2 is 2.00 bits per heavy atom. The number of H-pyrrole nitrogens is 1. The van der Waals surface area contributed by atoms with E-state index in [4.69, 9.17) is 21.1 Å². The summed E-state index contributed by atoms with van der Waals surface area (Å²) in [6, 6.07) is 11.5.